The second-order valence-electron chi connectivity index (χ2n) is 7.69. The summed E-state index contributed by atoms with van der Waals surface area (Å²) in [7, 11) is 6.24. The van der Waals surface area contributed by atoms with Crippen LogP contribution in [0.15, 0.2) is 66.7 Å². The van der Waals surface area contributed by atoms with Gasteiger partial charge in [0.05, 0.1) is 10.8 Å². The van der Waals surface area contributed by atoms with Gasteiger partial charge in [0.25, 0.3) is 0 Å². The smallest absolute Gasteiger partial charge is 0.213 e. The molecule has 0 radical (unpaired) electrons. The summed E-state index contributed by atoms with van der Waals surface area (Å²) < 4.78 is 8.29. The first-order chi connectivity index (χ1) is 14.0. The molecule has 4 aromatic rings. The zero-order chi connectivity index (χ0) is 20.4. The zero-order valence-corrected chi connectivity index (χ0v) is 20.3. The molecule has 164 valence electrons. The van der Waals surface area contributed by atoms with Crippen molar-refractivity contribution in [3.63, 3.8) is 0 Å². The predicted molar refractivity (Wildman–Crippen MR) is 128 cm³/mol. The first kappa shape index (κ1) is 25.2. The van der Waals surface area contributed by atoms with Gasteiger partial charge in [0.2, 0.25) is 11.0 Å². The van der Waals surface area contributed by atoms with E-state index in [1.807, 2.05) is 12.1 Å². The number of para-hydroxylation sites is 1. The van der Waals surface area contributed by atoms with Crippen LogP contribution in [-0.4, -0.2) is 32.1 Å². The molecular weight excluding hydrogens is 451 g/mol. The molecule has 0 aliphatic rings. The fraction of sp³-hybridized carbons (Fsp3) is 0.240. The van der Waals surface area contributed by atoms with Gasteiger partial charge in [-0.15, -0.1) is 12.4 Å². The summed E-state index contributed by atoms with van der Waals surface area (Å²) in [6, 6.07) is 23.1. The largest absolute Gasteiger partial charge is 1.00 e. The maximum atomic E-state index is 6.09. The number of likely N-dealkylation sites (N-methyl/N-ethyl adjacent to an activating group) is 1. The number of halogens is 3. The maximum absolute atomic E-state index is 6.09. The Morgan fingerprint density at radius 2 is 1.58 bits per heavy atom. The van der Waals surface area contributed by atoms with Crippen LogP contribution in [0, 0.1) is 0 Å². The van der Waals surface area contributed by atoms with Gasteiger partial charge in [-0.3, -0.25) is 0 Å². The Hall–Kier alpha value is -2.04. The number of pyridine rings is 1. The van der Waals surface area contributed by atoms with Crippen molar-refractivity contribution >= 4 is 45.8 Å². The molecule has 3 aromatic carbocycles. The lowest BCUT2D eigenvalue weighted by molar-refractivity contribution is -0.617. The summed E-state index contributed by atoms with van der Waals surface area (Å²) in [5.74, 6) is 0.909. The van der Waals surface area contributed by atoms with Crippen LogP contribution in [0.3, 0.4) is 0 Å². The molecule has 0 atom stereocenters. The molecular formula is C25H27Cl3N2O. The van der Waals surface area contributed by atoms with Crippen molar-refractivity contribution in [3.05, 3.63) is 82.9 Å². The number of benzene rings is 3. The Morgan fingerprint density at radius 1 is 0.903 bits per heavy atom. The average molecular weight is 478 g/mol. The third-order valence-electron chi connectivity index (χ3n) is 5.35. The molecule has 0 aliphatic heterocycles. The van der Waals surface area contributed by atoms with Crippen LogP contribution in [0.2, 0.25) is 5.02 Å². The van der Waals surface area contributed by atoms with Crippen molar-refractivity contribution < 1.29 is 21.7 Å². The zero-order valence-electron chi connectivity index (χ0n) is 17.9. The minimum absolute atomic E-state index is 0. The predicted octanol–water partition coefficient (Wildman–Crippen LogP) is 2.43. The average Bonchev–Trinajstić information content (AvgIpc) is 2.72. The fourth-order valence-electron chi connectivity index (χ4n) is 3.78. The minimum atomic E-state index is 0. The highest BCUT2D eigenvalue weighted by atomic mass is 35.5. The van der Waals surface area contributed by atoms with Gasteiger partial charge in [0.1, 0.15) is 19.4 Å². The topological polar surface area (TPSA) is 16.4 Å². The summed E-state index contributed by atoms with van der Waals surface area (Å²) >= 11 is 6.09. The first-order valence-electron chi connectivity index (χ1n) is 9.88. The number of aryl methyl sites for hydroxylation is 1. The maximum Gasteiger partial charge on any atom is 0.213 e. The van der Waals surface area contributed by atoms with E-state index >= 15 is 0 Å². The Balaban J connectivity index is 0.00000171. The van der Waals surface area contributed by atoms with Gasteiger partial charge in [0.15, 0.2) is 0 Å². The molecule has 4 rings (SSSR count). The lowest BCUT2D eigenvalue weighted by Gasteiger charge is -2.14. The number of rotatable bonds is 6. The van der Waals surface area contributed by atoms with Gasteiger partial charge in [-0.2, -0.15) is 4.57 Å². The van der Waals surface area contributed by atoms with E-state index < -0.39 is 0 Å². The quantitative estimate of drug-likeness (QED) is 0.313. The summed E-state index contributed by atoms with van der Waals surface area (Å²) in [4.78, 5) is 2.13. The first-order valence-corrected chi connectivity index (χ1v) is 10.3. The fourth-order valence-corrected chi connectivity index (χ4v) is 3.90. The lowest BCUT2D eigenvalue weighted by atomic mass is 9.96. The van der Waals surface area contributed by atoms with Crippen molar-refractivity contribution in [1.82, 2.24) is 4.90 Å². The van der Waals surface area contributed by atoms with E-state index in [1.54, 1.807) is 0 Å². The van der Waals surface area contributed by atoms with Crippen molar-refractivity contribution in [2.45, 2.75) is 6.42 Å². The number of nitrogens with zero attached hydrogens (tertiary/aromatic N) is 2. The number of fused-ring (bicyclic) bond motifs is 2. The van der Waals surface area contributed by atoms with Gasteiger partial charge < -0.3 is 22.0 Å². The normalized spacial score (nSPS) is 10.7. The number of ether oxygens (including phenoxy) is 1. The van der Waals surface area contributed by atoms with Crippen LogP contribution in [-0.2, 0) is 13.5 Å². The third kappa shape index (κ3) is 5.61. The monoisotopic (exact) mass is 476 g/mol. The van der Waals surface area contributed by atoms with Crippen molar-refractivity contribution in [2.24, 2.45) is 7.05 Å². The summed E-state index contributed by atoms with van der Waals surface area (Å²) in [5, 5.41) is 3.26. The van der Waals surface area contributed by atoms with Crippen molar-refractivity contribution in [2.75, 3.05) is 27.2 Å². The molecule has 0 spiro atoms. The highest BCUT2D eigenvalue weighted by Gasteiger charge is 2.18. The molecule has 1 aromatic heterocycles. The molecule has 6 heteroatoms. The van der Waals surface area contributed by atoms with Crippen LogP contribution in [0.5, 0.6) is 5.75 Å². The highest BCUT2D eigenvalue weighted by molar-refractivity contribution is 6.30. The van der Waals surface area contributed by atoms with Gasteiger partial charge in [-0.1, -0.05) is 35.9 Å². The number of aromatic nitrogens is 1. The van der Waals surface area contributed by atoms with Gasteiger partial charge in [-0.05, 0) is 62.0 Å². The number of hydrogen-bond donors (Lipinski definition) is 0. The van der Waals surface area contributed by atoms with Gasteiger partial charge in [0, 0.05) is 23.7 Å². The molecule has 0 saturated carbocycles. The van der Waals surface area contributed by atoms with Gasteiger partial charge >= 0.3 is 0 Å². The van der Waals surface area contributed by atoms with Crippen molar-refractivity contribution in [1.29, 1.82) is 0 Å². The lowest BCUT2D eigenvalue weighted by Crippen LogP contribution is -3.00. The van der Waals surface area contributed by atoms with E-state index in [1.165, 1.54) is 32.9 Å². The van der Waals surface area contributed by atoms with Crippen LogP contribution in [0.25, 0.3) is 21.8 Å². The van der Waals surface area contributed by atoms with Crippen LogP contribution >= 0.6 is 24.0 Å². The molecule has 0 aliphatic carbocycles. The molecule has 0 fully saturated rings. The van der Waals surface area contributed by atoms with Crippen LogP contribution < -0.4 is 21.7 Å². The Morgan fingerprint density at radius 3 is 2.29 bits per heavy atom. The second kappa shape index (κ2) is 11.0. The van der Waals surface area contributed by atoms with Gasteiger partial charge in [-0.25, -0.2) is 0 Å². The molecule has 0 unspecified atom stereocenters. The van der Waals surface area contributed by atoms with E-state index in [4.69, 9.17) is 16.3 Å². The summed E-state index contributed by atoms with van der Waals surface area (Å²) in [6.45, 7) is 1.56. The number of hydrogen-bond acceptors (Lipinski definition) is 2. The van der Waals surface area contributed by atoms with E-state index in [0.717, 1.165) is 23.7 Å². The Kier molecular flexibility index (Phi) is 8.96. The SMILES string of the molecule is CN(C)CCOc1ccc2c(c1)c(Cc1ccc(Cl)cc1)c1ccccc1[n+]2C.Cl.[Cl-]. The molecule has 0 bridgehead atoms. The van der Waals surface area contributed by atoms with Crippen molar-refractivity contribution in [3.8, 4) is 5.75 Å². The van der Waals surface area contributed by atoms with E-state index in [9.17, 15) is 0 Å². The summed E-state index contributed by atoms with van der Waals surface area (Å²) in [6.07, 6.45) is 0.843. The second-order valence-corrected chi connectivity index (χ2v) is 8.13. The summed E-state index contributed by atoms with van der Waals surface area (Å²) in [5.41, 5.74) is 4.99. The molecule has 3 nitrogen and oxygen atoms in total. The standard InChI is InChI=1S/C25H26ClN2O.2ClH/c1-27(2)14-15-29-20-12-13-25-23(17-20)22(16-18-8-10-19(26)11-9-18)21-6-4-5-7-24(21)28(25)3;;/h4-13,17H,14-16H2,1-3H3;2*1H/q+1;;/p-1. The minimum Gasteiger partial charge on any atom is -1.00 e. The molecule has 31 heavy (non-hydrogen) atoms. The molecule has 1 heterocycles. The van der Waals surface area contributed by atoms with Crippen LogP contribution in [0.4, 0.5) is 0 Å². The van der Waals surface area contributed by atoms with E-state index in [0.29, 0.717) is 6.61 Å². The highest BCUT2D eigenvalue weighted by Crippen LogP contribution is 2.30. The Bertz CT molecular complexity index is 1160. The third-order valence-corrected chi connectivity index (χ3v) is 5.60. The molecule has 0 saturated heterocycles. The van der Waals surface area contributed by atoms with E-state index in [-0.39, 0.29) is 24.8 Å². The Labute approximate surface area is 201 Å². The van der Waals surface area contributed by atoms with E-state index in [2.05, 4.69) is 85.2 Å². The molecule has 0 N–H and O–H groups in total. The van der Waals surface area contributed by atoms with Crippen LogP contribution in [0.1, 0.15) is 11.1 Å². The molecule has 0 amide bonds.